The van der Waals surface area contributed by atoms with Gasteiger partial charge in [0.2, 0.25) is 0 Å². The Morgan fingerprint density at radius 1 is 1.18 bits per heavy atom. The molecule has 0 radical (unpaired) electrons. The number of aliphatic hydroxyl groups is 1. The third-order valence-electron chi connectivity index (χ3n) is 2.37. The molecule has 0 atom stereocenters. The van der Waals surface area contributed by atoms with Crippen molar-refractivity contribution in [3.63, 3.8) is 0 Å². The summed E-state index contributed by atoms with van der Waals surface area (Å²) in [6.07, 6.45) is 3.09. The molecular weight excluding hydrogens is 221 g/mol. The molecule has 0 amide bonds. The van der Waals surface area contributed by atoms with Crippen molar-refractivity contribution in [1.82, 2.24) is 4.98 Å². The van der Waals surface area contributed by atoms with E-state index in [-0.39, 0.29) is 19.0 Å². The van der Waals surface area contributed by atoms with Crippen LogP contribution in [0.3, 0.4) is 0 Å². The van der Waals surface area contributed by atoms with E-state index < -0.39 is 0 Å². The molecule has 1 aromatic carbocycles. The molecule has 0 saturated heterocycles. The fourth-order valence-electron chi connectivity index (χ4n) is 1.44. The fraction of sp³-hybridized carbons (Fsp3) is 0.154. The highest BCUT2D eigenvalue weighted by atomic mass is 19.1. The molecule has 0 aliphatic carbocycles. The lowest BCUT2D eigenvalue weighted by atomic mass is 10.2. The standard InChI is InChI=1S/C13H12FNO2/c14-12-4-2-1-3-10(12)9-17-13-5-6-15-7-11(13)8-16/h1-7,16H,8-9H2. The monoisotopic (exact) mass is 233 g/mol. The fourth-order valence-corrected chi connectivity index (χ4v) is 1.44. The van der Waals surface area contributed by atoms with Gasteiger partial charge in [-0.25, -0.2) is 4.39 Å². The Kier molecular flexibility index (Phi) is 3.67. The van der Waals surface area contributed by atoms with Gasteiger partial charge in [0.15, 0.2) is 0 Å². The van der Waals surface area contributed by atoms with E-state index in [9.17, 15) is 4.39 Å². The second-order valence-electron chi connectivity index (χ2n) is 3.52. The van der Waals surface area contributed by atoms with Gasteiger partial charge in [-0.3, -0.25) is 4.98 Å². The Bertz CT molecular complexity index is 502. The number of nitrogens with zero attached hydrogens (tertiary/aromatic N) is 1. The number of hydrogen-bond acceptors (Lipinski definition) is 3. The molecule has 88 valence electrons. The molecule has 1 N–H and O–H groups in total. The van der Waals surface area contributed by atoms with Gasteiger partial charge >= 0.3 is 0 Å². The van der Waals surface area contributed by atoms with Crippen molar-refractivity contribution in [3.05, 3.63) is 59.7 Å². The van der Waals surface area contributed by atoms with Crippen LogP contribution in [0.25, 0.3) is 0 Å². The van der Waals surface area contributed by atoms with E-state index in [1.54, 1.807) is 30.5 Å². The number of halogens is 1. The average molecular weight is 233 g/mol. The van der Waals surface area contributed by atoms with Gasteiger partial charge in [0.05, 0.1) is 6.61 Å². The largest absolute Gasteiger partial charge is 0.488 e. The highest BCUT2D eigenvalue weighted by molar-refractivity contribution is 5.29. The average Bonchev–Trinajstić information content (AvgIpc) is 2.38. The van der Waals surface area contributed by atoms with Crippen LogP contribution < -0.4 is 4.74 Å². The number of benzene rings is 1. The van der Waals surface area contributed by atoms with Crippen LogP contribution in [0.5, 0.6) is 5.75 Å². The third-order valence-corrected chi connectivity index (χ3v) is 2.37. The van der Waals surface area contributed by atoms with E-state index in [1.807, 2.05) is 0 Å². The first-order valence-electron chi connectivity index (χ1n) is 5.21. The minimum atomic E-state index is -0.299. The van der Waals surface area contributed by atoms with Gasteiger partial charge in [-0.2, -0.15) is 0 Å². The number of hydrogen-bond donors (Lipinski definition) is 1. The maximum Gasteiger partial charge on any atom is 0.129 e. The van der Waals surface area contributed by atoms with E-state index in [4.69, 9.17) is 9.84 Å². The van der Waals surface area contributed by atoms with Crippen LogP contribution in [-0.4, -0.2) is 10.1 Å². The number of ether oxygens (including phenoxy) is 1. The summed E-state index contributed by atoms with van der Waals surface area (Å²) in [5.41, 5.74) is 1.07. The first-order chi connectivity index (χ1) is 8.31. The Labute approximate surface area is 98.5 Å². The van der Waals surface area contributed by atoms with Crippen LogP contribution in [0.1, 0.15) is 11.1 Å². The van der Waals surface area contributed by atoms with Gasteiger partial charge in [-0.05, 0) is 12.1 Å². The molecule has 2 rings (SSSR count). The molecule has 0 spiro atoms. The summed E-state index contributed by atoms with van der Waals surface area (Å²) < 4.78 is 18.8. The zero-order valence-corrected chi connectivity index (χ0v) is 9.14. The van der Waals surface area contributed by atoms with Crippen molar-refractivity contribution in [3.8, 4) is 5.75 Å². The lowest BCUT2D eigenvalue weighted by molar-refractivity contribution is 0.256. The van der Waals surface area contributed by atoms with Crippen molar-refractivity contribution in [2.45, 2.75) is 13.2 Å². The maximum absolute atomic E-state index is 13.3. The molecule has 0 saturated carbocycles. The van der Waals surface area contributed by atoms with Crippen molar-refractivity contribution in [1.29, 1.82) is 0 Å². The van der Waals surface area contributed by atoms with Crippen LogP contribution in [0.2, 0.25) is 0 Å². The highest BCUT2D eigenvalue weighted by Crippen LogP contribution is 2.18. The van der Waals surface area contributed by atoms with E-state index in [0.29, 0.717) is 16.9 Å². The Morgan fingerprint density at radius 3 is 2.76 bits per heavy atom. The second-order valence-corrected chi connectivity index (χ2v) is 3.52. The quantitative estimate of drug-likeness (QED) is 0.881. The first-order valence-corrected chi connectivity index (χ1v) is 5.21. The maximum atomic E-state index is 13.3. The minimum absolute atomic E-state index is 0.129. The van der Waals surface area contributed by atoms with Gasteiger partial charge in [-0.15, -0.1) is 0 Å². The Hall–Kier alpha value is -1.94. The molecule has 0 aliphatic heterocycles. The molecule has 3 nitrogen and oxygen atoms in total. The molecule has 4 heteroatoms. The number of aromatic nitrogens is 1. The molecule has 0 aliphatic rings. The van der Waals surface area contributed by atoms with Crippen LogP contribution in [0.15, 0.2) is 42.7 Å². The Balaban J connectivity index is 2.10. The number of aliphatic hydroxyl groups excluding tert-OH is 1. The summed E-state index contributed by atoms with van der Waals surface area (Å²) in [5, 5.41) is 9.08. The first kappa shape index (κ1) is 11.5. The number of pyridine rings is 1. The molecule has 0 bridgehead atoms. The van der Waals surface area contributed by atoms with Crippen molar-refractivity contribution in [2.75, 3.05) is 0 Å². The van der Waals surface area contributed by atoms with Crippen LogP contribution in [-0.2, 0) is 13.2 Å². The topological polar surface area (TPSA) is 42.4 Å². The van der Waals surface area contributed by atoms with E-state index in [1.165, 1.54) is 12.3 Å². The van der Waals surface area contributed by atoms with Crippen molar-refractivity contribution >= 4 is 0 Å². The van der Waals surface area contributed by atoms with Gasteiger partial charge in [0.25, 0.3) is 0 Å². The predicted octanol–water partition coefficient (Wildman–Crippen LogP) is 2.29. The smallest absolute Gasteiger partial charge is 0.129 e. The van der Waals surface area contributed by atoms with Crippen LogP contribution in [0.4, 0.5) is 4.39 Å². The summed E-state index contributed by atoms with van der Waals surface area (Å²) in [5.74, 6) is 0.220. The molecule has 0 unspecified atom stereocenters. The highest BCUT2D eigenvalue weighted by Gasteiger charge is 2.05. The van der Waals surface area contributed by atoms with Crippen molar-refractivity contribution < 1.29 is 14.2 Å². The lowest BCUT2D eigenvalue weighted by Crippen LogP contribution is -2.01. The van der Waals surface area contributed by atoms with Gasteiger partial charge < -0.3 is 9.84 Å². The summed E-state index contributed by atoms with van der Waals surface area (Å²) in [6, 6.07) is 8.07. The predicted molar refractivity (Wildman–Crippen MR) is 60.9 cm³/mol. The molecule has 1 aromatic heterocycles. The third kappa shape index (κ3) is 2.79. The molecule has 2 aromatic rings. The SMILES string of the molecule is OCc1cnccc1OCc1ccccc1F. The van der Waals surface area contributed by atoms with Gasteiger partial charge in [-0.1, -0.05) is 18.2 Å². The molecule has 0 fully saturated rings. The minimum Gasteiger partial charge on any atom is -0.488 e. The summed E-state index contributed by atoms with van der Waals surface area (Å²) >= 11 is 0. The second kappa shape index (κ2) is 5.41. The molecular formula is C13H12FNO2. The van der Waals surface area contributed by atoms with Gasteiger partial charge in [0, 0.05) is 23.5 Å². The summed E-state index contributed by atoms with van der Waals surface area (Å²) in [6.45, 7) is -0.0237. The summed E-state index contributed by atoms with van der Waals surface area (Å²) in [4.78, 5) is 3.87. The van der Waals surface area contributed by atoms with Crippen molar-refractivity contribution in [2.24, 2.45) is 0 Å². The van der Waals surface area contributed by atoms with Crippen LogP contribution in [0, 0.1) is 5.82 Å². The summed E-state index contributed by atoms with van der Waals surface area (Å²) in [7, 11) is 0. The van der Waals surface area contributed by atoms with Gasteiger partial charge in [0.1, 0.15) is 18.2 Å². The lowest BCUT2D eigenvalue weighted by Gasteiger charge is -2.09. The molecule has 1 heterocycles. The zero-order chi connectivity index (χ0) is 12.1. The Morgan fingerprint density at radius 2 is 2.00 bits per heavy atom. The van der Waals surface area contributed by atoms with E-state index in [2.05, 4.69) is 4.98 Å². The van der Waals surface area contributed by atoms with Crippen LogP contribution >= 0.6 is 0 Å². The normalized spacial score (nSPS) is 10.2. The zero-order valence-electron chi connectivity index (χ0n) is 9.14. The molecule has 17 heavy (non-hydrogen) atoms. The van der Waals surface area contributed by atoms with E-state index in [0.717, 1.165) is 0 Å². The number of rotatable bonds is 4. The van der Waals surface area contributed by atoms with E-state index >= 15 is 0 Å².